The molecule has 0 aromatic heterocycles. The molecule has 1 aliphatic rings. The maximum atomic E-state index is 4.77. The molecular formula is C18H20N2. The van der Waals surface area contributed by atoms with Crippen molar-refractivity contribution in [1.82, 2.24) is 0 Å². The molecule has 1 fully saturated rings. The fraction of sp³-hybridized carbons (Fsp3) is 0.278. The van der Waals surface area contributed by atoms with E-state index < -0.39 is 0 Å². The number of hydrogen-bond acceptors (Lipinski definition) is 2. The highest BCUT2D eigenvalue weighted by Gasteiger charge is 2.14. The molecule has 2 nitrogen and oxygen atoms in total. The highest BCUT2D eigenvalue weighted by atomic mass is 15.1. The number of piperidine rings is 1. The third-order valence-electron chi connectivity index (χ3n) is 3.79. The number of hydrogen-bond donors (Lipinski definition) is 0. The second-order valence-electron chi connectivity index (χ2n) is 5.19. The molecule has 0 spiro atoms. The first-order valence-electron chi connectivity index (χ1n) is 7.28. The van der Waals surface area contributed by atoms with Crippen LogP contribution in [-0.2, 0) is 6.54 Å². The molecule has 0 bridgehead atoms. The normalized spacial score (nSPS) is 15.2. The van der Waals surface area contributed by atoms with Crippen molar-refractivity contribution in [2.75, 3.05) is 18.0 Å². The molecule has 2 aromatic rings. The average molecular weight is 264 g/mol. The lowest BCUT2D eigenvalue weighted by molar-refractivity contribution is 0.753. The SMILES string of the molecule is c1ccc(CN=C2CCN(c3ccccc3)CC2)cc1. The number of benzene rings is 2. The summed E-state index contributed by atoms with van der Waals surface area (Å²) in [5, 5.41) is 0. The molecule has 3 rings (SSSR count). The van der Waals surface area contributed by atoms with Crippen LogP contribution in [0.1, 0.15) is 18.4 Å². The van der Waals surface area contributed by atoms with Gasteiger partial charge in [0.1, 0.15) is 0 Å². The minimum absolute atomic E-state index is 0.821. The van der Waals surface area contributed by atoms with E-state index in [1.807, 2.05) is 0 Å². The maximum absolute atomic E-state index is 4.77. The van der Waals surface area contributed by atoms with Crippen molar-refractivity contribution in [3.63, 3.8) is 0 Å². The van der Waals surface area contributed by atoms with Gasteiger partial charge in [0.05, 0.1) is 6.54 Å². The highest BCUT2D eigenvalue weighted by molar-refractivity contribution is 5.86. The summed E-state index contributed by atoms with van der Waals surface area (Å²) in [5.41, 5.74) is 3.99. The Kier molecular flexibility index (Phi) is 4.12. The van der Waals surface area contributed by atoms with Crippen molar-refractivity contribution in [2.45, 2.75) is 19.4 Å². The Bertz CT molecular complexity index is 550. The van der Waals surface area contributed by atoms with E-state index in [0.717, 1.165) is 32.5 Å². The molecule has 0 unspecified atom stereocenters. The molecule has 102 valence electrons. The average Bonchev–Trinajstić information content (AvgIpc) is 2.55. The standard InChI is InChI=1S/C18H20N2/c1-3-7-16(8-4-1)15-19-17-11-13-20(14-12-17)18-9-5-2-6-10-18/h1-10H,11-15H2. The van der Waals surface area contributed by atoms with E-state index in [2.05, 4.69) is 65.6 Å². The molecule has 0 atom stereocenters. The van der Waals surface area contributed by atoms with Gasteiger partial charge >= 0.3 is 0 Å². The fourth-order valence-electron chi connectivity index (χ4n) is 2.61. The molecule has 0 saturated carbocycles. The van der Waals surface area contributed by atoms with Crippen LogP contribution in [0.25, 0.3) is 0 Å². The van der Waals surface area contributed by atoms with Crippen molar-refractivity contribution in [3.8, 4) is 0 Å². The second kappa shape index (κ2) is 6.38. The van der Waals surface area contributed by atoms with E-state index in [0.29, 0.717) is 0 Å². The van der Waals surface area contributed by atoms with E-state index in [-0.39, 0.29) is 0 Å². The number of para-hydroxylation sites is 1. The van der Waals surface area contributed by atoms with E-state index >= 15 is 0 Å². The number of nitrogens with zero attached hydrogens (tertiary/aromatic N) is 2. The lowest BCUT2D eigenvalue weighted by Crippen LogP contribution is -2.33. The Balaban J connectivity index is 1.56. The fourth-order valence-corrected chi connectivity index (χ4v) is 2.61. The molecule has 20 heavy (non-hydrogen) atoms. The van der Waals surface area contributed by atoms with E-state index in [1.165, 1.54) is 17.0 Å². The van der Waals surface area contributed by atoms with Crippen LogP contribution in [0, 0.1) is 0 Å². The van der Waals surface area contributed by atoms with Gasteiger partial charge in [-0.1, -0.05) is 48.5 Å². The maximum Gasteiger partial charge on any atom is 0.0639 e. The van der Waals surface area contributed by atoms with Gasteiger partial charge < -0.3 is 4.90 Å². The molecular weight excluding hydrogens is 244 g/mol. The van der Waals surface area contributed by atoms with Gasteiger partial charge in [-0.05, 0) is 17.7 Å². The lowest BCUT2D eigenvalue weighted by atomic mass is 10.1. The molecule has 0 radical (unpaired) electrons. The summed E-state index contributed by atoms with van der Waals surface area (Å²) in [6.45, 7) is 2.98. The van der Waals surface area contributed by atoms with Crippen molar-refractivity contribution >= 4 is 11.4 Å². The second-order valence-corrected chi connectivity index (χ2v) is 5.19. The van der Waals surface area contributed by atoms with Gasteiger partial charge in [-0.15, -0.1) is 0 Å². The lowest BCUT2D eigenvalue weighted by Gasteiger charge is -2.29. The monoisotopic (exact) mass is 264 g/mol. The van der Waals surface area contributed by atoms with Gasteiger partial charge in [-0.2, -0.15) is 0 Å². The Labute approximate surface area is 120 Å². The summed E-state index contributed by atoms with van der Waals surface area (Å²) in [4.78, 5) is 7.22. The zero-order valence-electron chi connectivity index (χ0n) is 11.7. The Hall–Kier alpha value is -2.09. The van der Waals surface area contributed by atoms with Crippen molar-refractivity contribution < 1.29 is 0 Å². The predicted molar refractivity (Wildman–Crippen MR) is 85.5 cm³/mol. The van der Waals surface area contributed by atoms with Gasteiger partial charge in [0.25, 0.3) is 0 Å². The van der Waals surface area contributed by atoms with Gasteiger partial charge in [-0.3, -0.25) is 4.99 Å². The largest absolute Gasteiger partial charge is 0.371 e. The van der Waals surface area contributed by atoms with Crippen LogP contribution in [-0.4, -0.2) is 18.8 Å². The minimum Gasteiger partial charge on any atom is -0.371 e. The topological polar surface area (TPSA) is 15.6 Å². The summed E-state index contributed by atoms with van der Waals surface area (Å²) in [5.74, 6) is 0. The first-order chi connectivity index (χ1) is 9.92. The third-order valence-corrected chi connectivity index (χ3v) is 3.79. The molecule has 2 aromatic carbocycles. The molecule has 0 amide bonds. The first kappa shape index (κ1) is 12.9. The van der Waals surface area contributed by atoms with Gasteiger partial charge in [0, 0.05) is 37.3 Å². The summed E-state index contributed by atoms with van der Waals surface area (Å²) < 4.78 is 0. The van der Waals surface area contributed by atoms with Crippen LogP contribution >= 0.6 is 0 Å². The van der Waals surface area contributed by atoms with Crippen LogP contribution in [0.4, 0.5) is 5.69 Å². The molecule has 0 N–H and O–H groups in total. The predicted octanol–water partition coefficient (Wildman–Crippen LogP) is 3.93. The quantitative estimate of drug-likeness (QED) is 0.820. The van der Waals surface area contributed by atoms with E-state index in [9.17, 15) is 0 Å². The summed E-state index contributed by atoms with van der Waals surface area (Å²) in [6.07, 6.45) is 2.17. The van der Waals surface area contributed by atoms with Crippen LogP contribution in [0.15, 0.2) is 65.7 Å². The van der Waals surface area contributed by atoms with Crippen molar-refractivity contribution in [3.05, 3.63) is 66.2 Å². The number of rotatable bonds is 3. The van der Waals surface area contributed by atoms with E-state index in [4.69, 9.17) is 4.99 Å². The number of anilines is 1. The van der Waals surface area contributed by atoms with Crippen LogP contribution in [0.5, 0.6) is 0 Å². The Morgan fingerprint density at radius 1 is 0.800 bits per heavy atom. The van der Waals surface area contributed by atoms with Gasteiger partial charge in [-0.25, -0.2) is 0 Å². The summed E-state index contributed by atoms with van der Waals surface area (Å²) >= 11 is 0. The molecule has 1 aliphatic heterocycles. The van der Waals surface area contributed by atoms with Crippen LogP contribution < -0.4 is 4.90 Å². The Morgan fingerprint density at radius 2 is 1.40 bits per heavy atom. The molecule has 2 heteroatoms. The van der Waals surface area contributed by atoms with Crippen molar-refractivity contribution in [1.29, 1.82) is 0 Å². The minimum atomic E-state index is 0.821. The Morgan fingerprint density at radius 3 is 2.05 bits per heavy atom. The van der Waals surface area contributed by atoms with Crippen molar-refractivity contribution in [2.24, 2.45) is 4.99 Å². The molecule has 0 aliphatic carbocycles. The summed E-state index contributed by atoms with van der Waals surface area (Å²) in [6, 6.07) is 21.1. The zero-order valence-corrected chi connectivity index (χ0v) is 11.7. The van der Waals surface area contributed by atoms with E-state index in [1.54, 1.807) is 0 Å². The van der Waals surface area contributed by atoms with Gasteiger partial charge in [0.15, 0.2) is 0 Å². The van der Waals surface area contributed by atoms with Crippen LogP contribution in [0.3, 0.4) is 0 Å². The highest BCUT2D eigenvalue weighted by Crippen LogP contribution is 2.18. The zero-order chi connectivity index (χ0) is 13.6. The van der Waals surface area contributed by atoms with Gasteiger partial charge in [0.2, 0.25) is 0 Å². The smallest absolute Gasteiger partial charge is 0.0639 e. The summed E-state index contributed by atoms with van der Waals surface area (Å²) in [7, 11) is 0. The molecule has 1 saturated heterocycles. The van der Waals surface area contributed by atoms with Crippen LogP contribution in [0.2, 0.25) is 0 Å². The number of aliphatic imine (C=N–C) groups is 1. The molecule has 1 heterocycles. The first-order valence-corrected chi connectivity index (χ1v) is 7.28. The third kappa shape index (κ3) is 3.27.